The first-order chi connectivity index (χ1) is 12.8. The molecule has 2 nitrogen and oxygen atoms in total. The molecule has 0 bridgehead atoms. The Labute approximate surface area is 156 Å². The molecule has 1 aliphatic heterocycles. The summed E-state index contributed by atoms with van der Waals surface area (Å²) in [5.74, 6) is 0.569. The van der Waals surface area contributed by atoms with Crippen molar-refractivity contribution in [2.45, 2.75) is 25.8 Å². The van der Waals surface area contributed by atoms with E-state index in [1.807, 2.05) is 0 Å². The van der Waals surface area contributed by atoms with Crippen LogP contribution in [0.4, 0.5) is 5.69 Å². The lowest BCUT2D eigenvalue weighted by Gasteiger charge is -2.15. The molecule has 0 saturated carbocycles. The Balaban J connectivity index is 1.44. The van der Waals surface area contributed by atoms with Crippen molar-refractivity contribution in [3.8, 4) is 11.1 Å². The molecular weight excluding hydrogens is 316 g/mol. The van der Waals surface area contributed by atoms with E-state index in [0.717, 1.165) is 26.1 Å². The molecular formula is C24H26N2. The highest BCUT2D eigenvalue weighted by molar-refractivity contribution is 5.63. The van der Waals surface area contributed by atoms with Crippen molar-refractivity contribution in [1.82, 2.24) is 5.32 Å². The Bertz CT molecular complexity index is 853. The van der Waals surface area contributed by atoms with E-state index >= 15 is 0 Å². The standard InChI is InChI=1S/C24H26N2/c1-18-16-25-14-13-22-11-12-23(15-24(18)22)26-17-19-7-9-21(10-8-19)20-5-3-2-4-6-20/h2-12,15,18,25-26H,13-14,16-17H2,1H3. The lowest BCUT2D eigenvalue weighted by atomic mass is 9.95. The minimum Gasteiger partial charge on any atom is -0.381 e. The van der Waals surface area contributed by atoms with Crippen molar-refractivity contribution in [3.05, 3.63) is 89.5 Å². The van der Waals surface area contributed by atoms with E-state index in [-0.39, 0.29) is 0 Å². The number of hydrogen-bond acceptors (Lipinski definition) is 2. The summed E-state index contributed by atoms with van der Waals surface area (Å²) in [7, 11) is 0. The van der Waals surface area contributed by atoms with Crippen molar-refractivity contribution in [3.63, 3.8) is 0 Å². The van der Waals surface area contributed by atoms with Gasteiger partial charge in [0.1, 0.15) is 0 Å². The summed E-state index contributed by atoms with van der Waals surface area (Å²) in [4.78, 5) is 0. The predicted octanol–water partition coefficient (Wildman–Crippen LogP) is 5.21. The average molecular weight is 342 g/mol. The largest absolute Gasteiger partial charge is 0.381 e. The molecule has 1 heterocycles. The molecule has 0 radical (unpaired) electrons. The van der Waals surface area contributed by atoms with Gasteiger partial charge in [-0.25, -0.2) is 0 Å². The maximum atomic E-state index is 3.59. The number of anilines is 1. The molecule has 1 unspecified atom stereocenters. The second-order valence-corrected chi connectivity index (χ2v) is 7.19. The number of benzene rings is 3. The number of nitrogens with one attached hydrogen (secondary N) is 2. The van der Waals surface area contributed by atoms with Gasteiger partial charge < -0.3 is 10.6 Å². The minimum absolute atomic E-state index is 0.569. The first-order valence-electron chi connectivity index (χ1n) is 9.51. The quantitative estimate of drug-likeness (QED) is 0.680. The van der Waals surface area contributed by atoms with Gasteiger partial charge in [-0.15, -0.1) is 0 Å². The molecule has 3 aromatic rings. The normalized spacial score (nSPS) is 16.6. The number of fused-ring (bicyclic) bond motifs is 1. The highest BCUT2D eigenvalue weighted by atomic mass is 14.9. The van der Waals surface area contributed by atoms with Crippen LogP contribution < -0.4 is 10.6 Å². The molecule has 0 amide bonds. The Kier molecular flexibility index (Phi) is 5.03. The van der Waals surface area contributed by atoms with Gasteiger partial charge in [0.25, 0.3) is 0 Å². The second kappa shape index (κ2) is 7.76. The maximum Gasteiger partial charge on any atom is 0.0400 e. The SMILES string of the molecule is CC1CNCCc2ccc(NCc3ccc(-c4ccccc4)cc3)cc21. The average Bonchev–Trinajstić information content (AvgIpc) is 2.89. The van der Waals surface area contributed by atoms with Crippen LogP contribution in [0.3, 0.4) is 0 Å². The van der Waals surface area contributed by atoms with Gasteiger partial charge in [0, 0.05) is 18.8 Å². The third-order valence-electron chi connectivity index (χ3n) is 5.26. The second-order valence-electron chi connectivity index (χ2n) is 7.19. The van der Waals surface area contributed by atoms with E-state index in [1.54, 1.807) is 0 Å². The molecule has 132 valence electrons. The maximum absolute atomic E-state index is 3.59. The van der Waals surface area contributed by atoms with Gasteiger partial charge in [-0.2, -0.15) is 0 Å². The van der Waals surface area contributed by atoms with Gasteiger partial charge in [-0.1, -0.05) is 67.6 Å². The van der Waals surface area contributed by atoms with Crippen molar-refractivity contribution >= 4 is 5.69 Å². The highest BCUT2D eigenvalue weighted by Gasteiger charge is 2.14. The van der Waals surface area contributed by atoms with Crippen LogP contribution in [0.25, 0.3) is 11.1 Å². The van der Waals surface area contributed by atoms with Crippen molar-refractivity contribution in [2.24, 2.45) is 0 Å². The van der Waals surface area contributed by atoms with E-state index in [4.69, 9.17) is 0 Å². The fourth-order valence-electron chi connectivity index (χ4n) is 3.69. The van der Waals surface area contributed by atoms with Gasteiger partial charge in [0.05, 0.1) is 0 Å². The lowest BCUT2D eigenvalue weighted by Crippen LogP contribution is -2.18. The zero-order valence-corrected chi connectivity index (χ0v) is 15.3. The minimum atomic E-state index is 0.569. The van der Waals surface area contributed by atoms with Crippen LogP contribution in [0.15, 0.2) is 72.8 Å². The van der Waals surface area contributed by atoms with Gasteiger partial charge in [-0.3, -0.25) is 0 Å². The molecule has 0 fully saturated rings. The molecule has 1 atom stereocenters. The van der Waals surface area contributed by atoms with E-state index in [0.29, 0.717) is 5.92 Å². The lowest BCUT2D eigenvalue weighted by molar-refractivity contribution is 0.644. The summed E-state index contributed by atoms with van der Waals surface area (Å²) in [5, 5.41) is 7.11. The van der Waals surface area contributed by atoms with Crippen LogP contribution in [0.1, 0.15) is 29.5 Å². The molecule has 0 spiro atoms. The van der Waals surface area contributed by atoms with Gasteiger partial charge >= 0.3 is 0 Å². The first kappa shape index (κ1) is 16.9. The molecule has 26 heavy (non-hydrogen) atoms. The summed E-state index contributed by atoms with van der Waals surface area (Å²) in [6.45, 7) is 5.30. The smallest absolute Gasteiger partial charge is 0.0400 e. The summed E-state index contributed by atoms with van der Waals surface area (Å²) in [5.41, 5.74) is 8.01. The van der Waals surface area contributed by atoms with E-state index < -0.39 is 0 Å². The highest BCUT2D eigenvalue weighted by Crippen LogP contribution is 2.26. The third-order valence-corrected chi connectivity index (χ3v) is 5.26. The van der Waals surface area contributed by atoms with Crippen LogP contribution in [-0.4, -0.2) is 13.1 Å². The van der Waals surface area contributed by atoms with Crippen LogP contribution in [0.2, 0.25) is 0 Å². The predicted molar refractivity (Wildman–Crippen MR) is 111 cm³/mol. The van der Waals surface area contributed by atoms with Crippen LogP contribution >= 0.6 is 0 Å². The Hall–Kier alpha value is -2.58. The zero-order chi connectivity index (χ0) is 17.8. The molecule has 2 heteroatoms. The Morgan fingerprint density at radius 3 is 2.50 bits per heavy atom. The molecule has 1 aliphatic rings. The van der Waals surface area contributed by atoms with Crippen LogP contribution in [0.5, 0.6) is 0 Å². The summed E-state index contributed by atoms with van der Waals surface area (Å²) in [6.07, 6.45) is 1.13. The number of hydrogen-bond donors (Lipinski definition) is 2. The van der Waals surface area contributed by atoms with E-state index in [1.165, 1.54) is 33.5 Å². The molecule has 0 aliphatic carbocycles. The van der Waals surface area contributed by atoms with E-state index in [9.17, 15) is 0 Å². The molecule has 4 rings (SSSR count). The summed E-state index contributed by atoms with van der Waals surface area (Å²) in [6, 6.07) is 26.2. The molecule has 3 aromatic carbocycles. The van der Waals surface area contributed by atoms with Gasteiger partial charge in [-0.05, 0) is 58.8 Å². The van der Waals surface area contributed by atoms with Gasteiger partial charge in [0.15, 0.2) is 0 Å². The molecule has 2 N–H and O–H groups in total. The van der Waals surface area contributed by atoms with Crippen LogP contribution in [0, 0.1) is 0 Å². The number of rotatable bonds is 4. The summed E-state index contributed by atoms with van der Waals surface area (Å²) < 4.78 is 0. The third kappa shape index (κ3) is 3.81. The van der Waals surface area contributed by atoms with E-state index in [2.05, 4.69) is 90.4 Å². The topological polar surface area (TPSA) is 24.1 Å². The molecule has 0 aromatic heterocycles. The monoisotopic (exact) mass is 342 g/mol. The summed E-state index contributed by atoms with van der Waals surface area (Å²) >= 11 is 0. The Morgan fingerprint density at radius 2 is 1.69 bits per heavy atom. The Morgan fingerprint density at radius 1 is 0.923 bits per heavy atom. The first-order valence-corrected chi connectivity index (χ1v) is 9.51. The molecule has 0 saturated heterocycles. The van der Waals surface area contributed by atoms with Crippen molar-refractivity contribution < 1.29 is 0 Å². The fraction of sp³-hybridized carbons (Fsp3) is 0.250. The van der Waals surface area contributed by atoms with Crippen molar-refractivity contribution in [2.75, 3.05) is 18.4 Å². The van der Waals surface area contributed by atoms with Crippen LogP contribution in [-0.2, 0) is 13.0 Å². The fourth-order valence-corrected chi connectivity index (χ4v) is 3.69. The zero-order valence-electron chi connectivity index (χ0n) is 15.3. The van der Waals surface area contributed by atoms with Gasteiger partial charge in [0.2, 0.25) is 0 Å². The van der Waals surface area contributed by atoms with Crippen molar-refractivity contribution in [1.29, 1.82) is 0 Å².